The lowest BCUT2D eigenvalue weighted by Crippen LogP contribution is -2.37. The molecule has 2 aromatic rings. The molecule has 1 N–H and O–H groups in total. The van der Waals surface area contributed by atoms with Gasteiger partial charge in [-0.15, -0.1) is 0 Å². The van der Waals surface area contributed by atoms with Crippen LogP contribution in [0.5, 0.6) is 0 Å². The summed E-state index contributed by atoms with van der Waals surface area (Å²) in [5, 5.41) is 2.32. The monoisotopic (exact) mass is 412 g/mol. The SMILES string of the molecule is CC(CC(=O)NCCN1C(=O)SC(=Cc2ccccc2F)C1=O)c1ccccc1. The zero-order valence-corrected chi connectivity index (χ0v) is 16.7. The van der Waals surface area contributed by atoms with Crippen LogP contribution in [-0.2, 0) is 9.59 Å². The molecule has 0 bridgehead atoms. The molecule has 29 heavy (non-hydrogen) atoms. The highest BCUT2D eigenvalue weighted by Gasteiger charge is 2.34. The highest BCUT2D eigenvalue weighted by atomic mass is 32.2. The number of rotatable bonds is 7. The van der Waals surface area contributed by atoms with Gasteiger partial charge >= 0.3 is 0 Å². The minimum absolute atomic E-state index is 0.0668. The van der Waals surface area contributed by atoms with Gasteiger partial charge in [-0.3, -0.25) is 19.3 Å². The van der Waals surface area contributed by atoms with Crippen molar-refractivity contribution in [2.45, 2.75) is 19.3 Å². The molecule has 1 aliphatic heterocycles. The Balaban J connectivity index is 1.52. The first-order valence-corrected chi connectivity index (χ1v) is 10.1. The molecule has 1 atom stereocenters. The first-order valence-electron chi connectivity index (χ1n) is 9.27. The molecule has 0 aliphatic carbocycles. The molecule has 2 aromatic carbocycles. The summed E-state index contributed by atoms with van der Waals surface area (Å²) in [5.74, 6) is -1.01. The number of carbonyl (C=O) groups excluding carboxylic acids is 3. The van der Waals surface area contributed by atoms with Gasteiger partial charge in [-0.2, -0.15) is 0 Å². The minimum atomic E-state index is -0.477. The van der Waals surface area contributed by atoms with E-state index in [2.05, 4.69) is 5.32 Å². The van der Waals surface area contributed by atoms with Crippen LogP contribution in [0.1, 0.15) is 30.4 Å². The number of halogens is 1. The second-order valence-corrected chi connectivity index (χ2v) is 7.71. The van der Waals surface area contributed by atoms with Gasteiger partial charge in [-0.1, -0.05) is 55.5 Å². The lowest BCUT2D eigenvalue weighted by Gasteiger charge is -2.15. The zero-order chi connectivity index (χ0) is 20.8. The summed E-state index contributed by atoms with van der Waals surface area (Å²) < 4.78 is 13.8. The number of carbonyl (C=O) groups is 3. The van der Waals surface area contributed by atoms with Crippen LogP contribution in [0.2, 0.25) is 0 Å². The molecule has 1 fully saturated rings. The summed E-state index contributed by atoms with van der Waals surface area (Å²) in [6.45, 7) is 2.22. The van der Waals surface area contributed by atoms with Crippen LogP contribution in [0.4, 0.5) is 9.18 Å². The molecule has 150 valence electrons. The fourth-order valence-electron chi connectivity index (χ4n) is 2.98. The van der Waals surface area contributed by atoms with Gasteiger partial charge in [-0.05, 0) is 35.4 Å². The van der Waals surface area contributed by atoms with Crippen molar-refractivity contribution in [3.05, 3.63) is 76.4 Å². The van der Waals surface area contributed by atoms with E-state index >= 15 is 0 Å². The van der Waals surface area contributed by atoms with Gasteiger partial charge in [0.05, 0.1) is 4.91 Å². The van der Waals surface area contributed by atoms with E-state index in [9.17, 15) is 18.8 Å². The van der Waals surface area contributed by atoms with Crippen molar-refractivity contribution in [1.29, 1.82) is 0 Å². The Morgan fingerprint density at radius 3 is 2.55 bits per heavy atom. The van der Waals surface area contributed by atoms with Crippen molar-refractivity contribution in [1.82, 2.24) is 10.2 Å². The van der Waals surface area contributed by atoms with Crippen LogP contribution in [0.3, 0.4) is 0 Å². The summed E-state index contributed by atoms with van der Waals surface area (Å²) in [6.07, 6.45) is 1.69. The van der Waals surface area contributed by atoms with Crippen molar-refractivity contribution < 1.29 is 18.8 Å². The molecule has 1 saturated heterocycles. The van der Waals surface area contributed by atoms with E-state index in [0.29, 0.717) is 6.42 Å². The number of hydrogen-bond donors (Lipinski definition) is 1. The van der Waals surface area contributed by atoms with Gasteiger partial charge in [0.2, 0.25) is 5.91 Å². The molecule has 0 saturated carbocycles. The molecule has 1 unspecified atom stereocenters. The summed E-state index contributed by atoms with van der Waals surface area (Å²) in [6, 6.07) is 15.8. The summed E-state index contributed by atoms with van der Waals surface area (Å²) in [5.41, 5.74) is 1.33. The van der Waals surface area contributed by atoms with E-state index in [0.717, 1.165) is 22.2 Å². The van der Waals surface area contributed by atoms with Crippen LogP contribution in [-0.4, -0.2) is 35.0 Å². The fourth-order valence-corrected chi connectivity index (χ4v) is 3.84. The normalized spacial score (nSPS) is 16.3. The van der Waals surface area contributed by atoms with Crippen molar-refractivity contribution >= 4 is 34.9 Å². The molecule has 3 amide bonds. The Labute approximate surface area is 173 Å². The second-order valence-electron chi connectivity index (χ2n) is 6.72. The molecular weight excluding hydrogens is 391 g/mol. The van der Waals surface area contributed by atoms with Crippen molar-refractivity contribution in [3.8, 4) is 0 Å². The average molecular weight is 412 g/mol. The van der Waals surface area contributed by atoms with Crippen molar-refractivity contribution in [2.75, 3.05) is 13.1 Å². The van der Waals surface area contributed by atoms with Gasteiger partial charge in [-0.25, -0.2) is 4.39 Å². The van der Waals surface area contributed by atoms with Crippen molar-refractivity contribution in [3.63, 3.8) is 0 Å². The summed E-state index contributed by atoms with van der Waals surface area (Å²) in [4.78, 5) is 38.0. The van der Waals surface area contributed by atoms with Crippen LogP contribution < -0.4 is 5.32 Å². The van der Waals surface area contributed by atoms with E-state index in [1.165, 1.54) is 18.2 Å². The van der Waals surface area contributed by atoms with E-state index in [1.54, 1.807) is 12.1 Å². The number of nitrogens with one attached hydrogen (secondary N) is 1. The smallest absolute Gasteiger partial charge is 0.293 e. The Kier molecular flexibility index (Phi) is 6.82. The summed E-state index contributed by atoms with van der Waals surface area (Å²) in [7, 11) is 0. The molecule has 0 spiro atoms. The van der Waals surface area contributed by atoms with Crippen molar-refractivity contribution in [2.24, 2.45) is 0 Å². The zero-order valence-electron chi connectivity index (χ0n) is 15.9. The average Bonchev–Trinajstić information content (AvgIpc) is 2.97. The second kappa shape index (κ2) is 9.52. The van der Waals surface area contributed by atoms with E-state index in [4.69, 9.17) is 0 Å². The molecule has 3 rings (SSSR count). The fraction of sp³-hybridized carbons (Fsp3) is 0.227. The number of hydrogen-bond acceptors (Lipinski definition) is 4. The van der Waals surface area contributed by atoms with E-state index in [1.807, 2.05) is 37.3 Å². The predicted molar refractivity (Wildman–Crippen MR) is 112 cm³/mol. The molecule has 1 heterocycles. The minimum Gasteiger partial charge on any atom is -0.354 e. The highest BCUT2D eigenvalue weighted by molar-refractivity contribution is 8.18. The molecule has 5 nitrogen and oxygen atoms in total. The van der Waals surface area contributed by atoms with Crippen LogP contribution in [0, 0.1) is 5.82 Å². The Hall–Kier alpha value is -2.93. The molecule has 0 radical (unpaired) electrons. The maximum Gasteiger partial charge on any atom is 0.293 e. The molecule has 7 heteroatoms. The van der Waals surface area contributed by atoms with Gasteiger partial charge in [0.15, 0.2) is 0 Å². The quantitative estimate of drug-likeness (QED) is 0.693. The third-order valence-electron chi connectivity index (χ3n) is 4.58. The standard InChI is InChI=1S/C22H21FN2O3S/c1-15(16-7-3-2-4-8-16)13-20(26)24-11-12-25-21(27)19(29-22(25)28)14-17-9-5-6-10-18(17)23/h2-10,14-15H,11-13H2,1H3,(H,24,26). The van der Waals surface area contributed by atoms with Gasteiger partial charge in [0, 0.05) is 25.1 Å². The first-order chi connectivity index (χ1) is 14.0. The van der Waals surface area contributed by atoms with E-state index < -0.39 is 17.0 Å². The Morgan fingerprint density at radius 2 is 1.83 bits per heavy atom. The lowest BCUT2D eigenvalue weighted by atomic mass is 9.98. The van der Waals surface area contributed by atoms with Crippen LogP contribution >= 0.6 is 11.8 Å². The molecule has 1 aliphatic rings. The number of amides is 3. The van der Waals surface area contributed by atoms with E-state index in [-0.39, 0.29) is 35.4 Å². The highest BCUT2D eigenvalue weighted by Crippen LogP contribution is 2.32. The third kappa shape index (κ3) is 5.32. The summed E-state index contributed by atoms with van der Waals surface area (Å²) >= 11 is 0.771. The van der Waals surface area contributed by atoms with Crippen LogP contribution in [0.15, 0.2) is 59.5 Å². The number of thioether (sulfide) groups is 1. The first kappa shape index (κ1) is 20.8. The number of imide groups is 1. The largest absolute Gasteiger partial charge is 0.354 e. The Morgan fingerprint density at radius 1 is 1.14 bits per heavy atom. The maximum atomic E-state index is 13.8. The number of benzene rings is 2. The van der Waals surface area contributed by atoms with Gasteiger partial charge in [0.1, 0.15) is 5.82 Å². The lowest BCUT2D eigenvalue weighted by molar-refractivity contribution is -0.124. The predicted octanol–water partition coefficient (Wildman–Crippen LogP) is 4.17. The maximum absolute atomic E-state index is 13.8. The molecule has 0 aromatic heterocycles. The number of nitrogens with zero attached hydrogens (tertiary/aromatic N) is 1. The topological polar surface area (TPSA) is 66.5 Å². The van der Waals surface area contributed by atoms with Crippen LogP contribution in [0.25, 0.3) is 6.08 Å². The third-order valence-corrected chi connectivity index (χ3v) is 5.49. The van der Waals surface area contributed by atoms with Gasteiger partial charge in [0.25, 0.3) is 11.1 Å². The molecular formula is C22H21FN2O3S. The Bertz CT molecular complexity index is 946. The van der Waals surface area contributed by atoms with Gasteiger partial charge < -0.3 is 5.32 Å².